The van der Waals surface area contributed by atoms with Gasteiger partial charge in [-0.15, -0.1) is 0 Å². The number of nitrogens with one attached hydrogen (secondary N) is 1. The largest absolute Gasteiger partial charge is 0.391 e. The number of hydrogen-bond donors (Lipinski definition) is 3. The number of fused-ring (bicyclic) bond motifs is 1. The number of aryl methyl sites for hydroxylation is 1. The molecule has 156 valence electrons. The predicted octanol–water partition coefficient (Wildman–Crippen LogP) is 3.26. The second kappa shape index (κ2) is 7.13. The van der Waals surface area contributed by atoms with E-state index in [1.807, 2.05) is 6.92 Å². The minimum absolute atomic E-state index is 0.151. The van der Waals surface area contributed by atoms with E-state index in [9.17, 15) is 14.3 Å². The summed E-state index contributed by atoms with van der Waals surface area (Å²) in [5.74, 6) is -1.51. The van der Waals surface area contributed by atoms with E-state index in [4.69, 9.17) is 5.73 Å². The van der Waals surface area contributed by atoms with Crippen LogP contribution in [-0.2, 0) is 12.8 Å². The van der Waals surface area contributed by atoms with Crippen LogP contribution in [0.3, 0.4) is 0 Å². The maximum absolute atomic E-state index is 15.0. The summed E-state index contributed by atoms with van der Waals surface area (Å²) in [5.41, 5.74) is 9.59. The topological polar surface area (TPSA) is 93.2 Å². The minimum Gasteiger partial charge on any atom is -0.391 e. The van der Waals surface area contributed by atoms with Crippen LogP contribution in [0.1, 0.15) is 66.8 Å². The van der Waals surface area contributed by atoms with Gasteiger partial charge < -0.3 is 16.2 Å². The van der Waals surface area contributed by atoms with E-state index in [0.717, 1.165) is 43.5 Å². The summed E-state index contributed by atoms with van der Waals surface area (Å²) >= 11 is 0. The van der Waals surface area contributed by atoms with Gasteiger partial charge in [-0.25, -0.2) is 9.07 Å². The van der Waals surface area contributed by atoms with Gasteiger partial charge >= 0.3 is 0 Å². The standard InChI is InChI=1S/C22H29FN4O2/c1-12-14-7-8-22(2,3)11-18(14)27(26-12)13-9-15(23)20(21(24)29)17(10-13)25-16-5-4-6-19(16)28/h9-10,16,19,25,28H,4-8,11H2,1-3H3,(H2,24,29)/t16-,19-/m0/s1. The lowest BCUT2D eigenvalue weighted by Crippen LogP contribution is -2.30. The molecule has 0 radical (unpaired) electrons. The van der Waals surface area contributed by atoms with Crippen molar-refractivity contribution >= 4 is 11.6 Å². The SMILES string of the molecule is Cc1nn(-c2cc(F)c(C(N)=O)c(N[C@H]3CCC[C@@H]3O)c2)c2c1CCC(C)(C)C2. The zero-order chi connectivity index (χ0) is 20.9. The Hall–Kier alpha value is -2.41. The summed E-state index contributed by atoms with van der Waals surface area (Å²) in [6.07, 6.45) is 4.70. The highest BCUT2D eigenvalue weighted by atomic mass is 19.1. The van der Waals surface area contributed by atoms with Crippen LogP contribution < -0.4 is 11.1 Å². The van der Waals surface area contributed by atoms with Gasteiger partial charge in [0.15, 0.2) is 0 Å². The molecule has 29 heavy (non-hydrogen) atoms. The summed E-state index contributed by atoms with van der Waals surface area (Å²) in [4.78, 5) is 11.9. The number of aliphatic hydroxyl groups excluding tert-OH is 1. The predicted molar refractivity (Wildman–Crippen MR) is 110 cm³/mol. The number of aliphatic hydroxyl groups is 1. The molecule has 1 saturated carbocycles. The zero-order valence-corrected chi connectivity index (χ0v) is 17.3. The van der Waals surface area contributed by atoms with E-state index in [2.05, 4.69) is 24.3 Å². The highest BCUT2D eigenvalue weighted by Gasteiger charge is 2.31. The number of hydrogen-bond acceptors (Lipinski definition) is 4. The van der Waals surface area contributed by atoms with Crippen molar-refractivity contribution in [3.63, 3.8) is 0 Å². The number of nitrogens with zero attached hydrogens (tertiary/aromatic N) is 2. The number of carbonyl (C=O) groups excluding carboxylic acids is 1. The van der Waals surface area contributed by atoms with Gasteiger partial charge in [0.25, 0.3) is 5.91 Å². The van der Waals surface area contributed by atoms with Crippen LogP contribution in [0.25, 0.3) is 5.69 Å². The molecule has 2 atom stereocenters. The van der Waals surface area contributed by atoms with Crippen molar-refractivity contribution in [1.82, 2.24) is 9.78 Å². The highest BCUT2D eigenvalue weighted by molar-refractivity contribution is 5.99. The third-order valence-corrected chi connectivity index (χ3v) is 6.37. The number of primary amides is 1. The molecule has 4 N–H and O–H groups in total. The molecule has 7 heteroatoms. The average Bonchev–Trinajstić information content (AvgIpc) is 3.16. The molecular formula is C22H29FN4O2. The molecule has 1 fully saturated rings. The number of nitrogens with two attached hydrogens (primary N) is 1. The zero-order valence-electron chi connectivity index (χ0n) is 17.3. The molecule has 4 rings (SSSR count). The molecule has 0 bridgehead atoms. The number of benzene rings is 1. The lowest BCUT2D eigenvalue weighted by molar-refractivity contribution is 0.0997. The number of aromatic nitrogens is 2. The van der Waals surface area contributed by atoms with Crippen molar-refractivity contribution in [2.45, 2.75) is 71.4 Å². The smallest absolute Gasteiger partial charge is 0.253 e. The Kier molecular flexibility index (Phi) is 4.89. The summed E-state index contributed by atoms with van der Waals surface area (Å²) in [7, 11) is 0. The first-order valence-electron chi connectivity index (χ1n) is 10.3. The van der Waals surface area contributed by atoms with E-state index < -0.39 is 17.8 Å². The molecule has 2 aromatic rings. The van der Waals surface area contributed by atoms with Gasteiger partial charge in [-0.1, -0.05) is 13.8 Å². The fraction of sp³-hybridized carbons (Fsp3) is 0.545. The monoisotopic (exact) mass is 400 g/mol. The van der Waals surface area contributed by atoms with Crippen LogP contribution in [0.2, 0.25) is 0 Å². The summed E-state index contributed by atoms with van der Waals surface area (Å²) < 4.78 is 16.8. The van der Waals surface area contributed by atoms with Crippen LogP contribution in [0, 0.1) is 18.2 Å². The maximum atomic E-state index is 15.0. The summed E-state index contributed by atoms with van der Waals surface area (Å²) in [6, 6.07) is 2.82. The van der Waals surface area contributed by atoms with Crippen LogP contribution in [0.5, 0.6) is 0 Å². The number of anilines is 1. The number of amides is 1. The summed E-state index contributed by atoms with van der Waals surface area (Å²) in [6.45, 7) is 6.44. The van der Waals surface area contributed by atoms with Crippen LogP contribution >= 0.6 is 0 Å². The van der Waals surface area contributed by atoms with Gasteiger partial charge in [-0.05, 0) is 62.5 Å². The fourth-order valence-corrected chi connectivity index (χ4v) is 4.72. The second-order valence-electron chi connectivity index (χ2n) is 9.23. The van der Waals surface area contributed by atoms with Crippen molar-refractivity contribution in [3.8, 4) is 5.69 Å². The first kappa shape index (κ1) is 19.9. The third kappa shape index (κ3) is 3.64. The Morgan fingerprint density at radius 1 is 1.38 bits per heavy atom. The van der Waals surface area contributed by atoms with Gasteiger partial charge in [0, 0.05) is 11.8 Å². The molecule has 0 spiro atoms. The first-order valence-corrected chi connectivity index (χ1v) is 10.3. The molecule has 2 aliphatic carbocycles. The van der Waals surface area contributed by atoms with Crippen LogP contribution in [0.4, 0.5) is 10.1 Å². The molecule has 0 saturated heterocycles. The summed E-state index contributed by atoms with van der Waals surface area (Å²) in [5, 5.41) is 18.0. The van der Waals surface area contributed by atoms with Crippen LogP contribution in [0.15, 0.2) is 12.1 Å². The molecule has 2 aliphatic rings. The lowest BCUT2D eigenvalue weighted by atomic mass is 9.76. The molecule has 6 nitrogen and oxygen atoms in total. The average molecular weight is 400 g/mol. The van der Waals surface area contributed by atoms with Crippen molar-refractivity contribution in [1.29, 1.82) is 0 Å². The Labute approximate surface area is 170 Å². The fourth-order valence-electron chi connectivity index (χ4n) is 4.72. The van der Waals surface area contributed by atoms with E-state index >= 15 is 0 Å². The van der Waals surface area contributed by atoms with E-state index in [1.54, 1.807) is 10.7 Å². The lowest BCUT2D eigenvalue weighted by Gasteiger charge is -2.30. The van der Waals surface area contributed by atoms with Crippen molar-refractivity contribution in [2.24, 2.45) is 11.1 Å². The van der Waals surface area contributed by atoms with E-state index in [-0.39, 0.29) is 17.0 Å². The molecule has 1 heterocycles. The van der Waals surface area contributed by atoms with Crippen LogP contribution in [-0.4, -0.2) is 32.9 Å². The first-order chi connectivity index (χ1) is 13.7. The second-order valence-corrected chi connectivity index (χ2v) is 9.23. The van der Waals surface area contributed by atoms with Gasteiger partial charge in [0.1, 0.15) is 5.82 Å². The van der Waals surface area contributed by atoms with Crippen molar-refractivity contribution in [2.75, 3.05) is 5.32 Å². The maximum Gasteiger partial charge on any atom is 0.253 e. The molecular weight excluding hydrogens is 371 g/mol. The molecule has 1 aromatic carbocycles. The number of carbonyl (C=O) groups is 1. The van der Waals surface area contributed by atoms with Crippen molar-refractivity contribution < 1.29 is 14.3 Å². The van der Waals surface area contributed by atoms with Gasteiger partial charge in [0.2, 0.25) is 0 Å². The van der Waals surface area contributed by atoms with Gasteiger partial charge in [0.05, 0.1) is 34.8 Å². The molecule has 1 aromatic heterocycles. The van der Waals surface area contributed by atoms with E-state index in [1.165, 1.54) is 11.6 Å². The Morgan fingerprint density at radius 3 is 2.79 bits per heavy atom. The van der Waals surface area contributed by atoms with Crippen molar-refractivity contribution in [3.05, 3.63) is 40.5 Å². The van der Waals surface area contributed by atoms with Gasteiger partial charge in [-0.2, -0.15) is 5.10 Å². The molecule has 1 amide bonds. The Balaban J connectivity index is 1.81. The number of halogens is 1. The number of rotatable bonds is 4. The third-order valence-electron chi connectivity index (χ3n) is 6.37. The molecule has 0 aliphatic heterocycles. The quantitative estimate of drug-likeness (QED) is 0.734. The Bertz CT molecular complexity index is 966. The molecule has 0 unspecified atom stereocenters. The highest BCUT2D eigenvalue weighted by Crippen LogP contribution is 2.38. The normalized spacial score (nSPS) is 23.1. The van der Waals surface area contributed by atoms with Gasteiger partial charge in [-0.3, -0.25) is 4.79 Å². The minimum atomic E-state index is -0.830. The van der Waals surface area contributed by atoms with E-state index in [0.29, 0.717) is 17.8 Å². The Morgan fingerprint density at radius 2 is 2.14 bits per heavy atom.